The zero-order valence-corrected chi connectivity index (χ0v) is 15.0. The molecule has 3 N–H and O–H groups in total. The highest BCUT2D eigenvalue weighted by molar-refractivity contribution is 5.85. The molecule has 4 nitrogen and oxygen atoms in total. The summed E-state index contributed by atoms with van der Waals surface area (Å²) >= 11 is 0. The average molecular weight is 361 g/mol. The maximum Gasteiger partial charge on any atom is 0.249 e. The molecule has 1 unspecified atom stereocenters. The number of carbonyl (C=O) groups excluding carboxylic acids is 1. The number of hydrogen-bond donors (Lipinski definition) is 2. The van der Waals surface area contributed by atoms with Gasteiger partial charge in [-0.3, -0.25) is 4.79 Å². The van der Waals surface area contributed by atoms with Crippen LogP contribution in [0.25, 0.3) is 0 Å². The molecule has 1 aliphatic rings. The Bertz CT molecular complexity index is 651. The third kappa shape index (κ3) is 5.30. The minimum Gasteiger partial charge on any atom is -0.364 e. The molecule has 1 amide bonds. The van der Waals surface area contributed by atoms with Crippen molar-refractivity contribution >= 4 is 18.3 Å². The van der Waals surface area contributed by atoms with Crippen LogP contribution in [0.1, 0.15) is 30.0 Å². The topological polar surface area (TPSA) is 64.4 Å². The van der Waals surface area contributed by atoms with Crippen molar-refractivity contribution in [2.24, 2.45) is 5.73 Å². The minimum absolute atomic E-state index is 0. The normalized spacial score (nSPS) is 20.5. The molecular formula is C20H25ClN2O2. The number of rotatable bonds is 6. The van der Waals surface area contributed by atoms with Crippen LogP contribution < -0.4 is 11.1 Å². The monoisotopic (exact) mass is 360 g/mol. The van der Waals surface area contributed by atoms with Crippen molar-refractivity contribution in [2.75, 3.05) is 6.54 Å². The van der Waals surface area contributed by atoms with Crippen LogP contribution in [0, 0.1) is 0 Å². The van der Waals surface area contributed by atoms with Crippen molar-refractivity contribution in [1.29, 1.82) is 0 Å². The van der Waals surface area contributed by atoms with Gasteiger partial charge >= 0.3 is 0 Å². The Morgan fingerprint density at radius 2 is 1.72 bits per heavy atom. The molecule has 134 valence electrons. The Morgan fingerprint density at radius 3 is 2.32 bits per heavy atom. The smallest absolute Gasteiger partial charge is 0.249 e. The third-order valence-electron chi connectivity index (χ3n) is 4.46. The first-order chi connectivity index (χ1) is 11.8. The lowest BCUT2D eigenvalue weighted by Crippen LogP contribution is -2.38. The van der Waals surface area contributed by atoms with Gasteiger partial charge in [-0.05, 0) is 30.4 Å². The summed E-state index contributed by atoms with van der Waals surface area (Å²) < 4.78 is 5.72. The Balaban J connectivity index is 0.00000225. The second kappa shape index (κ2) is 9.56. The molecule has 0 saturated carbocycles. The van der Waals surface area contributed by atoms with E-state index in [0.717, 1.165) is 24.8 Å². The molecule has 5 heteroatoms. The standard InChI is InChI=1S/C20H24N2O2.ClH/c21-14-17-11-12-19(24-17)20(23)22-18(16-9-5-2-6-10-16)13-15-7-3-1-4-8-15;/h1-10,17-19H,11-14,21H2,(H,22,23);1H/t17-,18?,19+;/m1./s1. The SMILES string of the molecule is Cl.NC[C@H]1CC[C@@H](C(=O)NC(Cc2ccccc2)c2ccccc2)O1. The van der Waals surface area contributed by atoms with Crippen LogP contribution in [-0.2, 0) is 16.0 Å². The number of amides is 1. The van der Waals surface area contributed by atoms with Gasteiger partial charge in [-0.1, -0.05) is 60.7 Å². The van der Waals surface area contributed by atoms with E-state index in [1.165, 1.54) is 5.56 Å². The van der Waals surface area contributed by atoms with Gasteiger partial charge in [-0.2, -0.15) is 0 Å². The lowest BCUT2D eigenvalue weighted by molar-refractivity contribution is -0.132. The first-order valence-electron chi connectivity index (χ1n) is 8.51. The quantitative estimate of drug-likeness (QED) is 0.832. The highest BCUT2D eigenvalue weighted by Crippen LogP contribution is 2.22. The van der Waals surface area contributed by atoms with Crippen LogP contribution >= 0.6 is 12.4 Å². The molecule has 1 saturated heterocycles. The number of benzene rings is 2. The van der Waals surface area contributed by atoms with E-state index in [-0.39, 0.29) is 36.6 Å². The average Bonchev–Trinajstić information content (AvgIpc) is 3.12. The summed E-state index contributed by atoms with van der Waals surface area (Å²) in [5.74, 6) is -0.0456. The highest BCUT2D eigenvalue weighted by atomic mass is 35.5. The molecule has 2 aromatic rings. The largest absolute Gasteiger partial charge is 0.364 e. The second-order valence-corrected chi connectivity index (χ2v) is 6.22. The van der Waals surface area contributed by atoms with Crippen molar-refractivity contribution in [3.63, 3.8) is 0 Å². The number of nitrogens with one attached hydrogen (secondary N) is 1. The predicted octanol–water partition coefficient (Wildman–Crippen LogP) is 3.01. The lowest BCUT2D eigenvalue weighted by Gasteiger charge is -2.22. The molecule has 1 aliphatic heterocycles. The fourth-order valence-corrected chi connectivity index (χ4v) is 3.12. The van der Waals surface area contributed by atoms with E-state index >= 15 is 0 Å². The molecule has 0 bridgehead atoms. The van der Waals surface area contributed by atoms with Crippen LogP contribution in [0.3, 0.4) is 0 Å². The summed E-state index contributed by atoms with van der Waals surface area (Å²) in [6.07, 6.45) is 1.96. The first-order valence-corrected chi connectivity index (χ1v) is 8.51. The van der Waals surface area contributed by atoms with E-state index in [4.69, 9.17) is 10.5 Å². The summed E-state index contributed by atoms with van der Waals surface area (Å²) in [4.78, 5) is 12.6. The molecular weight excluding hydrogens is 336 g/mol. The van der Waals surface area contributed by atoms with E-state index in [2.05, 4.69) is 17.4 Å². The van der Waals surface area contributed by atoms with Gasteiger partial charge in [0.25, 0.3) is 0 Å². The second-order valence-electron chi connectivity index (χ2n) is 6.22. The number of carbonyl (C=O) groups is 1. The minimum atomic E-state index is -0.388. The van der Waals surface area contributed by atoms with Crippen molar-refractivity contribution in [3.8, 4) is 0 Å². The summed E-state index contributed by atoms with van der Waals surface area (Å²) in [5.41, 5.74) is 7.93. The van der Waals surface area contributed by atoms with E-state index in [1.54, 1.807) is 0 Å². The van der Waals surface area contributed by atoms with Crippen LogP contribution in [0.2, 0.25) is 0 Å². The van der Waals surface area contributed by atoms with Gasteiger partial charge in [0, 0.05) is 6.54 Å². The van der Waals surface area contributed by atoms with Gasteiger partial charge in [0.2, 0.25) is 5.91 Å². The third-order valence-corrected chi connectivity index (χ3v) is 4.46. The zero-order valence-electron chi connectivity index (χ0n) is 14.1. The summed E-state index contributed by atoms with van der Waals surface area (Å²) in [6, 6.07) is 20.2. The van der Waals surface area contributed by atoms with E-state index in [1.807, 2.05) is 48.5 Å². The molecule has 2 aromatic carbocycles. The first kappa shape index (κ1) is 19.4. The van der Waals surface area contributed by atoms with Crippen molar-refractivity contribution in [3.05, 3.63) is 71.8 Å². The molecule has 0 aliphatic carbocycles. The lowest BCUT2D eigenvalue weighted by atomic mass is 9.98. The van der Waals surface area contributed by atoms with Crippen LogP contribution in [0.4, 0.5) is 0 Å². The number of ether oxygens (including phenoxy) is 1. The van der Waals surface area contributed by atoms with Gasteiger partial charge in [0.15, 0.2) is 0 Å². The van der Waals surface area contributed by atoms with Gasteiger partial charge in [0.1, 0.15) is 6.10 Å². The molecule has 25 heavy (non-hydrogen) atoms. The van der Waals surface area contributed by atoms with Crippen molar-refractivity contribution in [1.82, 2.24) is 5.32 Å². The maximum atomic E-state index is 12.6. The Kier molecular flexibility index (Phi) is 7.44. The van der Waals surface area contributed by atoms with E-state index in [0.29, 0.717) is 6.54 Å². The van der Waals surface area contributed by atoms with Gasteiger partial charge in [0.05, 0.1) is 12.1 Å². The Morgan fingerprint density at radius 1 is 1.08 bits per heavy atom. The fourth-order valence-electron chi connectivity index (χ4n) is 3.12. The number of nitrogens with two attached hydrogens (primary N) is 1. The molecule has 1 heterocycles. The molecule has 0 aromatic heterocycles. The van der Waals surface area contributed by atoms with Crippen molar-refractivity contribution < 1.29 is 9.53 Å². The zero-order chi connectivity index (χ0) is 16.8. The van der Waals surface area contributed by atoms with Crippen LogP contribution in [-0.4, -0.2) is 24.7 Å². The van der Waals surface area contributed by atoms with Gasteiger partial charge in [-0.15, -0.1) is 12.4 Å². The number of halogens is 1. The van der Waals surface area contributed by atoms with E-state index in [9.17, 15) is 4.79 Å². The van der Waals surface area contributed by atoms with Crippen molar-refractivity contribution in [2.45, 2.75) is 37.5 Å². The molecule has 1 fully saturated rings. The highest BCUT2D eigenvalue weighted by Gasteiger charge is 2.31. The summed E-state index contributed by atoms with van der Waals surface area (Å²) in [5, 5.41) is 3.16. The predicted molar refractivity (Wildman–Crippen MR) is 102 cm³/mol. The molecule has 0 spiro atoms. The maximum absolute atomic E-state index is 12.6. The summed E-state index contributed by atoms with van der Waals surface area (Å²) in [7, 11) is 0. The van der Waals surface area contributed by atoms with Crippen LogP contribution in [0.5, 0.6) is 0 Å². The Hall–Kier alpha value is -1.88. The number of hydrogen-bond acceptors (Lipinski definition) is 3. The fraction of sp³-hybridized carbons (Fsp3) is 0.350. The van der Waals surface area contributed by atoms with Gasteiger partial charge in [-0.25, -0.2) is 0 Å². The Labute approximate surface area is 155 Å². The molecule has 0 radical (unpaired) electrons. The summed E-state index contributed by atoms with van der Waals surface area (Å²) in [6.45, 7) is 0.468. The van der Waals surface area contributed by atoms with Gasteiger partial charge < -0.3 is 15.8 Å². The molecule has 3 rings (SSSR count). The van der Waals surface area contributed by atoms with Crippen LogP contribution in [0.15, 0.2) is 60.7 Å². The van der Waals surface area contributed by atoms with E-state index < -0.39 is 0 Å². The molecule has 3 atom stereocenters.